The number of fused-ring (bicyclic) bond motifs is 2. The molecule has 136 valence electrons. The van der Waals surface area contributed by atoms with E-state index in [2.05, 4.69) is 63.3 Å². The van der Waals surface area contributed by atoms with Crippen molar-refractivity contribution in [3.63, 3.8) is 0 Å². The highest BCUT2D eigenvalue weighted by Crippen LogP contribution is 2.34. The monoisotopic (exact) mass is 365 g/mol. The molecule has 2 aromatic heterocycles. The van der Waals surface area contributed by atoms with Crippen LogP contribution in [0.3, 0.4) is 0 Å². The molecule has 28 heavy (non-hydrogen) atoms. The maximum absolute atomic E-state index is 6.55. The molecule has 0 spiro atoms. The molecule has 0 saturated heterocycles. The smallest absolute Gasteiger partial charge is 0.242 e. The number of hydrogen-bond acceptors (Lipinski definition) is 3. The van der Waals surface area contributed by atoms with Gasteiger partial charge >= 0.3 is 0 Å². The first-order valence-corrected chi connectivity index (χ1v) is 9.27. The lowest BCUT2D eigenvalue weighted by atomic mass is 9.98. The van der Waals surface area contributed by atoms with E-state index in [1.165, 1.54) is 10.8 Å². The fourth-order valence-electron chi connectivity index (χ4n) is 3.71. The van der Waals surface area contributed by atoms with Crippen molar-refractivity contribution in [2.75, 3.05) is 0 Å². The summed E-state index contributed by atoms with van der Waals surface area (Å²) in [6, 6.07) is 26.8. The fraction of sp³-hybridized carbons (Fsp3) is 0.0833. The lowest BCUT2D eigenvalue weighted by molar-refractivity contribution is 0.231. The third-order valence-electron chi connectivity index (χ3n) is 5.12. The van der Waals surface area contributed by atoms with E-state index in [9.17, 15) is 0 Å². The van der Waals surface area contributed by atoms with Gasteiger partial charge in [-0.2, -0.15) is 5.10 Å². The topological polar surface area (TPSA) is 39.9 Å². The number of ether oxygens (including phenoxy) is 1. The number of benzene rings is 3. The van der Waals surface area contributed by atoms with Crippen LogP contribution in [0.1, 0.15) is 17.4 Å². The van der Waals surface area contributed by atoms with Crippen molar-refractivity contribution in [3.05, 3.63) is 103 Å². The standard InChI is InChI=1S/C24H19N3O/c1-27-15-7-14-22(27)23(21-13-6-10-17-8-2-4-11-19(17)21)28-24-20-12-5-3-9-18(20)16-25-26-24/h2-16,23H,1H3/t23-/m1/s1. The molecular formula is C24H19N3O. The molecule has 0 amide bonds. The van der Waals surface area contributed by atoms with Crippen molar-refractivity contribution in [1.29, 1.82) is 0 Å². The molecule has 5 rings (SSSR count). The molecule has 0 aliphatic heterocycles. The Morgan fingerprint density at radius 2 is 1.54 bits per heavy atom. The Morgan fingerprint density at radius 1 is 0.786 bits per heavy atom. The maximum Gasteiger partial charge on any atom is 0.242 e. The molecule has 0 aliphatic rings. The van der Waals surface area contributed by atoms with Crippen LogP contribution in [0.4, 0.5) is 0 Å². The molecule has 0 aliphatic carbocycles. The predicted octanol–water partition coefficient (Wildman–Crippen LogP) is 5.29. The number of aryl methyl sites for hydroxylation is 1. The number of aromatic nitrogens is 3. The van der Waals surface area contributed by atoms with Crippen LogP contribution in [-0.2, 0) is 7.05 Å². The molecule has 5 aromatic rings. The molecule has 3 aromatic carbocycles. The van der Waals surface area contributed by atoms with Crippen LogP contribution < -0.4 is 4.74 Å². The normalized spacial score (nSPS) is 12.3. The van der Waals surface area contributed by atoms with Crippen molar-refractivity contribution in [2.24, 2.45) is 7.05 Å². The van der Waals surface area contributed by atoms with Crippen molar-refractivity contribution < 1.29 is 4.74 Å². The van der Waals surface area contributed by atoms with Crippen molar-refractivity contribution >= 4 is 21.5 Å². The van der Waals surface area contributed by atoms with E-state index in [1.807, 2.05) is 43.6 Å². The maximum atomic E-state index is 6.55. The van der Waals surface area contributed by atoms with Crippen LogP contribution in [0.2, 0.25) is 0 Å². The second kappa shape index (κ2) is 6.82. The van der Waals surface area contributed by atoms with E-state index in [0.717, 1.165) is 22.0 Å². The van der Waals surface area contributed by atoms with Gasteiger partial charge in [0, 0.05) is 29.6 Å². The molecule has 0 saturated carbocycles. The van der Waals surface area contributed by atoms with Crippen molar-refractivity contribution in [3.8, 4) is 5.88 Å². The summed E-state index contributed by atoms with van der Waals surface area (Å²) in [6.45, 7) is 0. The average Bonchev–Trinajstić information content (AvgIpc) is 3.17. The first-order valence-electron chi connectivity index (χ1n) is 9.27. The highest BCUT2D eigenvalue weighted by Gasteiger charge is 2.22. The predicted molar refractivity (Wildman–Crippen MR) is 111 cm³/mol. The fourth-order valence-corrected chi connectivity index (χ4v) is 3.71. The molecule has 0 fully saturated rings. The van der Waals surface area contributed by atoms with Crippen LogP contribution in [0.25, 0.3) is 21.5 Å². The summed E-state index contributed by atoms with van der Waals surface area (Å²) in [5, 5.41) is 12.8. The zero-order chi connectivity index (χ0) is 18.9. The second-order valence-corrected chi connectivity index (χ2v) is 6.85. The summed E-state index contributed by atoms with van der Waals surface area (Å²) in [5.41, 5.74) is 2.17. The Balaban J connectivity index is 1.70. The van der Waals surface area contributed by atoms with Gasteiger partial charge in [0.2, 0.25) is 5.88 Å². The molecule has 4 heteroatoms. The van der Waals surface area contributed by atoms with E-state index in [-0.39, 0.29) is 6.10 Å². The van der Waals surface area contributed by atoms with Gasteiger partial charge in [-0.15, -0.1) is 5.10 Å². The summed E-state index contributed by atoms with van der Waals surface area (Å²) in [5.74, 6) is 0.539. The van der Waals surface area contributed by atoms with Crippen LogP contribution in [0, 0.1) is 0 Å². The van der Waals surface area contributed by atoms with Gasteiger partial charge < -0.3 is 9.30 Å². The largest absolute Gasteiger partial charge is 0.461 e. The highest BCUT2D eigenvalue weighted by molar-refractivity contribution is 5.87. The van der Waals surface area contributed by atoms with Gasteiger partial charge in [-0.3, -0.25) is 0 Å². The van der Waals surface area contributed by atoms with E-state index in [4.69, 9.17) is 4.74 Å². The first-order chi connectivity index (χ1) is 13.8. The molecular weight excluding hydrogens is 346 g/mol. The Hall–Kier alpha value is -3.66. The lowest BCUT2D eigenvalue weighted by Crippen LogP contribution is -2.14. The van der Waals surface area contributed by atoms with Gasteiger partial charge in [-0.1, -0.05) is 60.7 Å². The highest BCUT2D eigenvalue weighted by atomic mass is 16.5. The van der Waals surface area contributed by atoms with Crippen molar-refractivity contribution in [2.45, 2.75) is 6.10 Å². The number of rotatable bonds is 4. The zero-order valence-electron chi connectivity index (χ0n) is 15.5. The number of hydrogen-bond donors (Lipinski definition) is 0. The van der Waals surface area contributed by atoms with Crippen LogP contribution in [-0.4, -0.2) is 14.8 Å². The molecule has 0 radical (unpaired) electrons. The number of nitrogens with zero attached hydrogens (tertiary/aromatic N) is 3. The van der Waals surface area contributed by atoms with Crippen LogP contribution in [0.15, 0.2) is 91.3 Å². The van der Waals surface area contributed by atoms with E-state index >= 15 is 0 Å². The van der Waals surface area contributed by atoms with Crippen LogP contribution in [0.5, 0.6) is 5.88 Å². The van der Waals surface area contributed by atoms with Crippen molar-refractivity contribution in [1.82, 2.24) is 14.8 Å². The van der Waals surface area contributed by atoms with Gasteiger partial charge in [-0.25, -0.2) is 0 Å². The summed E-state index contributed by atoms with van der Waals surface area (Å²) in [4.78, 5) is 0. The summed E-state index contributed by atoms with van der Waals surface area (Å²) in [7, 11) is 2.03. The Kier molecular flexibility index (Phi) is 4.02. The quantitative estimate of drug-likeness (QED) is 0.434. The van der Waals surface area contributed by atoms with Gasteiger partial charge in [0.1, 0.15) is 0 Å². The Morgan fingerprint density at radius 3 is 2.36 bits per heavy atom. The van der Waals surface area contributed by atoms with Gasteiger partial charge in [-0.05, 0) is 29.0 Å². The molecule has 0 unspecified atom stereocenters. The minimum Gasteiger partial charge on any atom is -0.461 e. The Bertz CT molecular complexity index is 1260. The first kappa shape index (κ1) is 16.5. The zero-order valence-corrected chi connectivity index (χ0v) is 15.5. The van der Waals surface area contributed by atoms with Crippen LogP contribution >= 0.6 is 0 Å². The molecule has 1 atom stereocenters. The van der Waals surface area contributed by atoms with E-state index in [1.54, 1.807) is 6.20 Å². The average molecular weight is 365 g/mol. The van der Waals surface area contributed by atoms with E-state index < -0.39 is 0 Å². The summed E-state index contributed by atoms with van der Waals surface area (Å²) >= 11 is 0. The minimum absolute atomic E-state index is 0.300. The molecule has 0 N–H and O–H groups in total. The second-order valence-electron chi connectivity index (χ2n) is 6.85. The van der Waals surface area contributed by atoms with Gasteiger partial charge in [0.05, 0.1) is 11.9 Å². The summed E-state index contributed by atoms with van der Waals surface area (Å²) < 4.78 is 8.64. The minimum atomic E-state index is -0.300. The SMILES string of the molecule is Cn1cccc1[C@H](Oc1nncc2ccccc12)c1cccc2ccccc12. The third-order valence-corrected chi connectivity index (χ3v) is 5.12. The van der Waals surface area contributed by atoms with Gasteiger partial charge in [0.25, 0.3) is 0 Å². The van der Waals surface area contributed by atoms with E-state index in [0.29, 0.717) is 5.88 Å². The molecule has 0 bridgehead atoms. The lowest BCUT2D eigenvalue weighted by Gasteiger charge is -2.22. The third kappa shape index (κ3) is 2.79. The van der Waals surface area contributed by atoms with Gasteiger partial charge in [0.15, 0.2) is 6.10 Å². The summed E-state index contributed by atoms with van der Waals surface area (Å²) in [6.07, 6.45) is 3.50. The molecule has 4 nitrogen and oxygen atoms in total. The molecule has 2 heterocycles. The Labute approximate surface area is 163 Å².